The number of hydrogen-bond donors (Lipinski definition) is 1. The van der Waals surface area contributed by atoms with Crippen molar-refractivity contribution in [2.75, 3.05) is 0 Å². The molecule has 0 bridgehead atoms. The zero-order valence-corrected chi connectivity index (χ0v) is 14.8. The Labute approximate surface area is 150 Å². The van der Waals surface area contributed by atoms with Crippen LogP contribution in [0.3, 0.4) is 0 Å². The molecule has 1 aromatic carbocycles. The molecule has 1 N–H and O–H groups in total. The van der Waals surface area contributed by atoms with E-state index in [1.54, 1.807) is 13.0 Å². The SMILES string of the molecule is Cc1cc(C(=O)O)c(C)n1C1(Cl)C=CC=CC1c1cccc(Cl)c1. The molecule has 0 saturated carbocycles. The van der Waals surface area contributed by atoms with E-state index < -0.39 is 11.0 Å². The van der Waals surface area contributed by atoms with Gasteiger partial charge in [-0.05, 0) is 43.7 Å². The number of allylic oxidation sites excluding steroid dienone is 4. The number of halogens is 2. The molecule has 24 heavy (non-hydrogen) atoms. The Bertz CT molecular complexity index is 866. The monoisotopic (exact) mass is 361 g/mol. The van der Waals surface area contributed by atoms with Crippen LogP contribution in [0.25, 0.3) is 0 Å². The fraction of sp³-hybridized carbons (Fsp3) is 0.211. The molecule has 0 radical (unpaired) electrons. The van der Waals surface area contributed by atoms with Gasteiger partial charge in [0.25, 0.3) is 0 Å². The topological polar surface area (TPSA) is 42.2 Å². The predicted octanol–water partition coefficient (Wildman–Crippen LogP) is 5.26. The molecule has 3 rings (SSSR count). The number of rotatable bonds is 3. The van der Waals surface area contributed by atoms with Crippen molar-refractivity contribution in [2.45, 2.75) is 24.8 Å². The number of aromatic nitrogens is 1. The van der Waals surface area contributed by atoms with E-state index in [9.17, 15) is 9.90 Å². The van der Waals surface area contributed by atoms with Gasteiger partial charge in [-0.2, -0.15) is 0 Å². The normalized spacial score (nSPS) is 22.8. The number of hydrogen-bond acceptors (Lipinski definition) is 1. The number of aryl methyl sites for hydroxylation is 1. The summed E-state index contributed by atoms with van der Waals surface area (Å²) in [5, 5.41) is 10.0. The van der Waals surface area contributed by atoms with Gasteiger partial charge in [-0.15, -0.1) is 0 Å². The first-order valence-electron chi connectivity index (χ1n) is 7.57. The Morgan fingerprint density at radius 1 is 1.25 bits per heavy atom. The molecule has 0 amide bonds. The second kappa shape index (κ2) is 6.15. The molecule has 0 spiro atoms. The van der Waals surface area contributed by atoms with E-state index in [4.69, 9.17) is 23.2 Å². The second-order valence-corrected chi connectivity index (χ2v) is 6.97. The van der Waals surface area contributed by atoms with Crippen molar-refractivity contribution >= 4 is 29.2 Å². The summed E-state index contributed by atoms with van der Waals surface area (Å²) in [5.74, 6) is -1.13. The molecule has 1 heterocycles. The molecule has 1 aliphatic carbocycles. The van der Waals surface area contributed by atoms with Gasteiger partial charge in [-0.1, -0.05) is 53.6 Å². The van der Waals surface area contributed by atoms with E-state index in [0.29, 0.717) is 10.7 Å². The predicted molar refractivity (Wildman–Crippen MR) is 97.2 cm³/mol. The molecule has 1 aliphatic rings. The zero-order valence-electron chi connectivity index (χ0n) is 13.3. The molecule has 0 fully saturated rings. The molecule has 2 unspecified atom stereocenters. The van der Waals surface area contributed by atoms with Gasteiger partial charge >= 0.3 is 5.97 Å². The highest BCUT2D eigenvalue weighted by atomic mass is 35.5. The first-order valence-corrected chi connectivity index (χ1v) is 8.33. The average molecular weight is 362 g/mol. The highest BCUT2D eigenvalue weighted by Crippen LogP contribution is 2.45. The van der Waals surface area contributed by atoms with Crippen LogP contribution in [-0.4, -0.2) is 15.6 Å². The summed E-state index contributed by atoms with van der Waals surface area (Å²) in [6.45, 7) is 3.65. The van der Waals surface area contributed by atoms with E-state index in [0.717, 1.165) is 11.3 Å². The fourth-order valence-corrected chi connectivity index (χ4v) is 4.10. The summed E-state index contributed by atoms with van der Waals surface area (Å²) >= 11 is 13.2. The average Bonchev–Trinajstić information content (AvgIpc) is 2.83. The number of alkyl halides is 1. The minimum Gasteiger partial charge on any atom is -0.478 e. The lowest BCUT2D eigenvalue weighted by Gasteiger charge is -2.37. The molecule has 124 valence electrons. The van der Waals surface area contributed by atoms with E-state index in [2.05, 4.69) is 0 Å². The van der Waals surface area contributed by atoms with Gasteiger partial charge in [0.2, 0.25) is 0 Å². The summed E-state index contributed by atoms with van der Waals surface area (Å²) in [7, 11) is 0. The number of aromatic carboxylic acids is 1. The van der Waals surface area contributed by atoms with Crippen LogP contribution in [0.5, 0.6) is 0 Å². The molecular weight excluding hydrogens is 345 g/mol. The van der Waals surface area contributed by atoms with Crippen LogP contribution in [0.2, 0.25) is 5.02 Å². The second-order valence-electron chi connectivity index (χ2n) is 5.93. The summed E-state index contributed by atoms with van der Waals surface area (Å²) in [4.78, 5) is 10.5. The first kappa shape index (κ1) is 16.9. The molecule has 2 atom stereocenters. The Hall–Kier alpha value is -1.97. The molecule has 3 nitrogen and oxygen atoms in total. The van der Waals surface area contributed by atoms with Crippen LogP contribution in [0, 0.1) is 13.8 Å². The third kappa shape index (κ3) is 2.68. The van der Waals surface area contributed by atoms with Crippen molar-refractivity contribution in [1.29, 1.82) is 0 Å². The van der Waals surface area contributed by atoms with Gasteiger partial charge in [-0.3, -0.25) is 0 Å². The van der Waals surface area contributed by atoms with Gasteiger partial charge in [0.15, 0.2) is 0 Å². The Kier molecular flexibility index (Phi) is 4.33. The van der Waals surface area contributed by atoms with Crippen LogP contribution in [0.15, 0.2) is 54.6 Å². The van der Waals surface area contributed by atoms with Crippen molar-refractivity contribution in [1.82, 2.24) is 4.57 Å². The molecule has 1 aromatic heterocycles. The molecule has 0 aliphatic heterocycles. The summed E-state index contributed by atoms with van der Waals surface area (Å²) < 4.78 is 1.88. The quantitative estimate of drug-likeness (QED) is 0.757. The molecule has 5 heteroatoms. The van der Waals surface area contributed by atoms with Gasteiger partial charge in [0, 0.05) is 22.3 Å². The Balaban J connectivity index is 2.19. The third-order valence-electron chi connectivity index (χ3n) is 4.39. The van der Waals surface area contributed by atoms with Crippen LogP contribution in [-0.2, 0) is 5.00 Å². The summed E-state index contributed by atoms with van der Waals surface area (Å²) in [6.07, 6.45) is 7.73. The van der Waals surface area contributed by atoms with Crippen LogP contribution < -0.4 is 0 Å². The minimum atomic E-state index is -0.954. The van der Waals surface area contributed by atoms with Crippen molar-refractivity contribution in [3.05, 3.63) is 82.2 Å². The highest BCUT2D eigenvalue weighted by Gasteiger charge is 2.39. The maximum Gasteiger partial charge on any atom is 0.337 e. The number of nitrogens with zero attached hydrogens (tertiary/aromatic N) is 1. The summed E-state index contributed by atoms with van der Waals surface area (Å²) in [6, 6.07) is 9.22. The summed E-state index contributed by atoms with van der Waals surface area (Å²) in [5.41, 5.74) is 2.66. The van der Waals surface area contributed by atoms with Crippen molar-refractivity contribution in [2.24, 2.45) is 0 Å². The molecule has 0 saturated heterocycles. The van der Waals surface area contributed by atoms with Crippen LogP contribution >= 0.6 is 23.2 Å². The van der Waals surface area contributed by atoms with Crippen molar-refractivity contribution in [3.63, 3.8) is 0 Å². The highest BCUT2D eigenvalue weighted by molar-refractivity contribution is 6.30. The van der Waals surface area contributed by atoms with Crippen molar-refractivity contribution < 1.29 is 9.90 Å². The number of carboxylic acid groups (broad SMARTS) is 1. The zero-order chi connectivity index (χ0) is 17.5. The fourth-order valence-electron chi connectivity index (χ4n) is 3.37. The largest absolute Gasteiger partial charge is 0.478 e. The van der Waals surface area contributed by atoms with Gasteiger partial charge in [-0.25, -0.2) is 4.79 Å². The molecular formula is C19H17Cl2NO2. The lowest BCUT2D eigenvalue weighted by atomic mass is 9.87. The van der Waals surface area contributed by atoms with E-state index >= 15 is 0 Å². The smallest absolute Gasteiger partial charge is 0.337 e. The van der Waals surface area contributed by atoms with E-state index in [1.807, 2.05) is 60.1 Å². The first-order chi connectivity index (χ1) is 11.3. The molecule has 2 aromatic rings. The maximum absolute atomic E-state index is 11.5. The van der Waals surface area contributed by atoms with Gasteiger partial charge < -0.3 is 9.67 Å². The van der Waals surface area contributed by atoms with Crippen LogP contribution in [0.1, 0.15) is 33.2 Å². The van der Waals surface area contributed by atoms with Gasteiger partial charge in [0.05, 0.1) is 5.56 Å². The Morgan fingerprint density at radius 3 is 2.62 bits per heavy atom. The van der Waals surface area contributed by atoms with Crippen molar-refractivity contribution in [3.8, 4) is 0 Å². The van der Waals surface area contributed by atoms with E-state index in [1.165, 1.54) is 0 Å². The lowest BCUT2D eigenvalue weighted by molar-refractivity contribution is 0.0696. The third-order valence-corrected chi connectivity index (χ3v) is 5.16. The Morgan fingerprint density at radius 2 is 2.00 bits per heavy atom. The number of carbonyl (C=O) groups is 1. The number of carboxylic acids is 1. The van der Waals surface area contributed by atoms with Crippen LogP contribution in [0.4, 0.5) is 0 Å². The lowest BCUT2D eigenvalue weighted by Crippen LogP contribution is -2.34. The standard InChI is InChI=1S/C19H17Cl2NO2/c1-12-10-16(18(23)24)13(2)22(12)19(21)9-4-3-8-17(19)14-6-5-7-15(20)11-14/h3-11,17H,1-2H3,(H,23,24). The minimum absolute atomic E-state index is 0.172. The van der Waals surface area contributed by atoms with E-state index in [-0.39, 0.29) is 11.5 Å². The maximum atomic E-state index is 11.5. The number of benzene rings is 1. The van der Waals surface area contributed by atoms with Gasteiger partial charge in [0.1, 0.15) is 5.00 Å².